The molecule has 102 valence electrons. The fraction of sp³-hybridized carbons (Fsp3) is 0.909. The van der Waals surface area contributed by atoms with Gasteiger partial charge in [0.05, 0.1) is 18.8 Å². The molecule has 0 fully saturated rings. The molecule has 0 unspecified atom stereocenters. The number of aliphatic hydroxyl groups excluding tert-OH is 2. The number of nitrogens with two attached hydrogens (primary N) is 1. The van der Waals surface area contributed by atoms with Crippen molar-refractivity contribution in [2.24, 2.45) is 16.3 Å². The average Bonchev–Trinajstić information content (AvgIpc) is 2.34. The molecule has 0 aromatic heterocycles. The summed E-state index contributed by atoms with van der Waals surface area (Å²) >= 11 is 0. The molecule has 0 heterocycles. The lowest BCUT2D eigenvalue weighted by atomic mass is 9.87. The summed E-state index contributed by atoms with van der Waals surface area (Å²) in [6, 6.07) is 0. The van der Waals surface area contributed by atoms with E-state index < -0.39 is 11.0 Å². The number of amidine groups is 1. The van der Waals surface area contributed by atoms with Crippen molar-refractivity contribution in [1.29, 1.82) is 0 Å². The molecule has 0 aliphatic rings. The lowest BCUT2D eigenvalue weighted by molar-refractivity contribution is 0.0861. The van der Waals surface area contributed by atoms with Crippen molar-refractivity contribution in [3.8, 4) is 0 Å². The second-order valence-corrected chi connectivity index (χ2v) is 5.00. The molecule has 0 saturated heterocycles. The lowest BCUT2D eigenvalue weighted by Crippen LogP contribution is -2.52. The summed E-state index contributed by atoms with van der Waals surface area (Å²) in [5.41, 5.74) is 4.50. The molecule has 0 aliphatic carbocycles. The van der Waals surface area contributed by atoms with Crippen molar-refractivity contribution in [1.82, 2.24) is 5.32 Å². The number of hydrogen-bond acceptors (Lipinski definition) is 5. The minimum absolute atomic E-state index is 0.121. The van der Waals surface area contributed by atoms with E-state index in [-0.39, 0.29) is 19.0 Å². The Labute approximate surface area is 103 Å². The molecule has 0 spiro atoms. The third-order valence-corrected chi connectivity index (χ3v) is 3.33. The molecule has 0 aromatic carbocycles. The number of nitrogens with zero attached hydrogens (tertiary/aromatic N) is 1. The molecule has 0 aliphatic heterocycles. The summed E-state index contributed by atoms with van der Waals surface area (Å²) in [6.07, 6.45) is 1.27. The SMILES string of the molecule is CCC(CO)(CO)NCCC(C)(C)C(N)=NO. The number of hydrogen-bond donors (Lipinski definition) is 5. The highest BCUT2D eigenvalue weighted by molar-refractivity contribution is 5.85. The largest absolute Gasteiger partial charge is 0.409 e. The molecule has 0 radical (unpaired) electrons. The maximum atomic E-state index is 9.25. The molecule has 0 saturated carbocycles. The highest BCUT2D eigenvalue weighted by Gasteiger charge is 2.28. The summed E-state index contributed by atoms with van der Waals surface area (Å²) in [5, 5.41) is 33.3. The predicted octanol–water partition coefficient (Wildman–Crippen LogP) is -0.128. The van der Waals surface area contributed by atoms with Gasteiger partial charge < -0.3 is 26.5 Å². The second-order valence-electron chi connectivity index (χ2n) is 5.00. The van der Waals surface area contributed by atoms with Crippen LogP contribution in [0.25, 0.3) is 0 Å². The number of nitrogens with one attached hydrogen (secondary N) is 1. The van der Waals surface area contributed by atoms with E-state index in [9.17, 15) is 10.2 Å². The van der Waals surface area contributed by atoms with Crippen molar-refractivity contribution in [3.05, 3.63) is 0 Å². The summed E-state index contributed by atoms with van der Waals surface area (Å²) in [6.45, 7) is 5.96. The van der Waals surface area contributed by atoms with E-state index in [1.807, 2.05) is 20.8 Å². The lowest BCUT2D eigenvalue weighted by Gasteiger charge is -2.32. The van der Waals surface area contributed by atoms with E-state index in [4.69, 9.17) is 10.9 Å². The molecule has 0 amide bonds. The molecule has 0 rings (SSSR count). The Morgan fingerprint density at radius 2 is 1.82 bits per heavy atom. The molecule has 0 atom stereocenters. The Hall–Kier alpha value is -0.850. The van der Waals surface area contributed by atoms with E-state index in [0.717, 1.165) is 0 Å². The van der Waals surface area contributed by atoms with Gasteiger partial charge >= 0.3 is 0 Å². The van der Waals surface area contributed by atoms with Crippen LogP contribution in [0.2, 0.25) is 0 Å². The summed E-state index contributed by atoms with van der Waals surface area (Å²) < 4.78 is 0. The Bertz CT molecular complexity index is 242. The summed E-state index contributed by atoms with van der Waals surface area (Å²) in [5.74, 6) is 0.175. The van der Waals surface area contributed by atoms with Crippen LogP contribution in [-0.2, 0) is 0 Å². The van der Waals surface area contributed by atoms with Crippen LogP contribution < -0.4 is 11.1 Å². The molecule has 0 aromatic rings. The van der Waals surface area contributed by atoms with Crippen molar-refractivity contribution < 1.29 is 15.4 Å². The Kier molecular flexibility index (Phi) is 6.44. The highest BCUT2D eigenvalue weighted by Crippen LogP contribution is 2.20. The number of rotatable bonds is 8. The molecule has 6 N–H and O–H groups in total. The van der Waals surface area contributed by atoms with E-state index in [1.54, 1.807) is 0 Å². The standard InChI is InChI=1S/C11H25N3O3/c1-4-11(7-15,8-16)13-6-5-10(2,3)9(12)14-17/h13,15-17H,4-8H2,1-3H3,(H2,12,14). The Morgan fingerprint density at radius 3 is 2.18 bits per heavy atom. The summed E-state index contributed by atoms with van der Waals surface area (Å²) in [7, 11) is 0. The van der Waals surface area contributed by atoms with Gasteiger partial charge in [-0.2, -0.15) is 0 Å². The minimum Gasteiger partial charge on any atom is -0.409 e. The first-order valence-electron chi connectivity index (χ1n) is 5.82. The fourth-order valence-electron chi connectivity index (χ4n) is 1.41. The molecular weight excluding hydrogens is 222 g/mol. The van der Waals surface area contributed by atoms with Crippen molar-refractivity contribution in [2.75, 3.05) is 19.8 Å². The monoisotopic (exact) mass is 247 g/mol. The molecular formula is C11H25N3O3. The van der Waals surface area contributed by atoms with Crippen molar-refractivity contribution in [2.45, 2.75) is 39.2 Å². The quantitative estimate of drug-likeness (QED) is 0.178. The zero-order valence-electron chi connectivity index (χ0n) is 10.9. The van der Waals surface area contributed by atoms with Gasteiger partial charge in [0.1, 0.15) is 5.84 Å². The van der Waals surface area contributed by atoms with Gasteiger partial charge in [-0.1, -0.05) is 25.9 Å². The van der Waals surface area contributed by atoms with E-state index in [0.29, 0.717) is 19.4 Å². The van der Waals surface area contributed by atoms with Crippen LogP contribution in [0.4, 0.5) is 0 Å². The Morgan fingerprint density at radius 1 is 1.29 bits per heavy atom. The van der Waals surface area contributed by atoms with Gasteiger partial charge in [0, 0.05) is 5.41 Å². The third-order valence-electron chi connectivity index (χ3n) is 3.33. The third kappa shape index (κ3) is 4.49. The van der Waals surface area contributed by atoms with E-state index >= 15 is 0 Å². The molecule has 0 bridgehead atoms. The maximum Gasteiger partial charge on any atom is 0.144 e. The molecule has 17 heavy (non-hydrogen) atoms. The van der Waals surface area contributed by atoms with Gasteiger partial charge in [0.15, 0.2) is 0 Å². The first-order chi connectivity index (χ1) is 7.87. The predicted molar refractivity (Wildman–Crippen MR) is 67.0 cm³/mol. The molecule has 6 heteroatoms. The van der Waals surface area contributed by atoms with Crippen LogP contribution in [-0.4, -0.2) is 46.6 Å². The van der Waals surface area contributed by atoms with Gasteiger partial charge in [-0.05, 0) is 19.4 Å². The fourth-order valence-corrected chi connectivity index (χ4v) is 1.41. The topological polar surface area (TPSA) is 111 Å². The molecule has 6 nitrogen and oxygen atoms in total. The van der Waals surface area contributed by atoms with Crippen LogP contribution in [0.3, 0.4) is 0 Å². The van der Waals surface area contributed by atoms with Crippen LogP contribution >= 0.6 is 0 Å². The van der Waals surface area contributed by atoms with Crippen LogP contribution in [0.5, 0.6) is 0 Å². The minimum atomic E-state index is -0.652. The number of aliphatic hydroxyl groups is 2. The zero-order valence-corrected chi connectivity index (χ0v) is 10.9. The average molecular weight is 247 g/mol. The van der Waals surface area contributed by atoms with Crippen molar-refractivity contribution >= 4 is 5.84 Å². The zero-order chi connectivity index (χ0) is 13.5. The van der Waals surface area contributed by atoms with Gasteiger partial charge in [0.25, 0.3) is 0 Å². The van der Waals surface area contributed by atoms with Crippen LogP contribution in [0.1, 0.15) is 33.6 Å². The summed E-state index contributed by atoms with van der Waals surface area (Å²) in [4.78, 5) is 0. The number of oxime groups is 1. The van der Waals surface area contributed by atoms with Gasteiger partial charge in [-0.25, -0.2) is 0 Å². The smallest absolute Gasteiger partial charge is 0.144 e. The van der Waals surface area contributed by atoms with Gasteiger partial charge in [-0.3, -0.25) is 0 Å². The van der Waals surface area contributed by atoms with Crippen molar-refractivity contribution in [3.63, 3.8) is 0 Å². The first kappa shape index (κ1) is 16.1. The normalized spacial score (nSPS) is 14.1. The second kappa shape index (κ2) is 6.78. The maximum absolute atomic E-state index is 9.25. The van der Waals surface area contributed by atoms with E-state index in [2.05, 4.69) is 10.5 Å². The Balaban J connectivity index is 4.31. The van der Waals surface area contributed by atoms with Crippen LogP contribution in [0, 0.1) is 5.41 Å². The van der Waals surface area contributed by atoms with E-state index in [1.165, 1.54) is 0 Å². The highest BCUT2D eigenvalue weighted by atomic mass is 16.4. The first-order valence-corrected chi connectivity index (χ1v) is 5.82. The van der Waals surface area contributed by atoms with Gasteiger partial charge in [-0.15, -0.1) is 0 Å². The van der Waals surface area contributed by atoms with Gasteiger partial charge in [0.2, 0.25) is 0 Å². The van der Waals surface area contributed by atoms with Crippen LogP contribution in [0.15, 0.2) is 5.16 Å².